The number of carbonyl (C=O) groups excluding carboxylic acids is 1. The highest BCUT2D eigenvalue weighted by molar-refractivity contribution is 8.07. The van der Waals surface area contributed by atoms with Crippen molar-refractivity contribution in [2.45, 2.75) is 14.7 Å². The molecule has 1 heterocycles. The van der Waals surface area contributed by atoms with Crippen molar-refractivity contribution in [1.82, 2.24) is 4.98 Å². The van der Waals surface area contributed by atoms with E-state index in [1.165, 1.54) is 6.20 Å². The van der Waals surface area contributed by atoms with Crippen LogP contribution in [0.25, 0.3) is 10.4 Å². The molecule has 0 atom stereocenters. The number of thiazole rings is 1. The fraction of sp³-hybridized carbons (Fsp3) is 0. The summed E-state index contributed by atoms with van der Waals surface area (Å²) in [6.07, 6.45) is 1.48. The van der Waals surface area contributed by atoms with Gasteiger partial charge in [-0.3, -0.25) is 14.9 Å². The molecule has 160 valence electrons. The van der Waals surface area contributed by atoms with E-state index in [9.17, 15) is 23.3 Å². The van der Waals surface area contributed by atoms with Crippen LogP contribution in [0.1, 0.15) is 9.80 Å². The Bertz CT molecular complexity index is 1400. The highest BCUT2D eigenvalue weighted by atomic mass is 32.2. The van der Waals surface area contributed by atoms with Gasteiger partial charge >= 0.3 is 5.12 Å². The molecule has 0 spiro atoms. The number of non-ortho nitro benzene ring substituents is 1. The molecule has 4 rings (SSSR count). The third-order valence-electron chi connectivity index (χ3n) is 4.41. The Balaban J connectivity index is 1.63. The first-order valence-electron chi connectivity index (χ1n) is 9.18. The number of hydrogen-bond donors (Lipinski definition) is 0. The number of benzene rings is 3. The Morgan fingerprint density at radius 3 is 2.28 bits per heavy atom. The maximum Gasteiger partial charge on any atom is 0.309 e. The maximum absolute atomic E-state index is 12.7. The molecule has 3 aromatic carbocycles. The standard InChI is InChI=1S/C22H14N2O5S3/c25-22(32(28,29)17-12-10-15(11-13-17)24(26)27)21-23-14-20(31-21)18-8-4-5-9-19(18)30-16-6-2-1-3-7-16/h1-14H. The second kappa shape index (κ2) is 9.03. The van der Waals surface area contributed by atoms with E-state index in [0.717, 1.165) is 51.0 Å². The van der Waals surface area contributed by atoms with E-state index in [4.69, 9.17) is 0 Å². The van der Waals surface area contributed by atoms with E-state index in [1.807, 2.05) is 54.6 Å². The minimum absolute atomic E-state index is 0.169. The van der Waals surface area contributed by atoms with Crippen LogP contribution in [0.15, 0.2) is 99.7 Å². The highest BCUT2D eigenvalue weighted by Gasteiger charge is 2.30. The molecule has 0 aliphatic carbocycles. The zero-order chi connectivity index (χ0) is 22.7. The molecular weight excluding hydrogens is 468 g/mol. The van der Waals surface area contributed by atoms with Gasteiger partial charge in [-0.1, -0.05) is 48.2 Å². The number of carbonyl (C=O) groups is 1. The molecule has 0 fully saturated rings. The molecule has 1 aromatic heterocycles. The minimum Gasteiger partial charge on any atom is -0.273 e. The molecule has 0 amide bonds. The van der Waals surface area contributed by atoms with E-state index in [-0.39, 0.29) is 15.6 Å². The summed E-state index contributed by atoms with van der Waals surface area (Å²) in [5.74, 6) is 0. The second-order valence-corrected chi connectivity index (χ2v) is 10.5. The molecule has 4 aromatic rings. The third kappa shape index (κ3) is 4.47. The molecule has 0 N–H and O–H groups in total. The van der Waals surface area contributed by atoms with E-state index in [1.54, 1.807) is 11.8 Å². The van der Waals surface area contributed by atoms with E-state index >= 15 is 0 Å². The topological polar surface area (TPSA) is 107 Å². The quantitative estimate of drug-likeness (QED) is 0.264. The summed E-state index contributed by atoms with van der Waals surface area (Å²) in [7, 11) is -4.38. The lowest BCUT2D eigenvalue weighted by Crippen LogP contribution is -2.15. The summed E-state index contributed by atoms with van der Waals surface area (Å²) in [5.41, 5.74) is 0.575. The Morgan fingerprint density at radius 1 is 0.938 bits per heavy atom. The molecule has 0 unspecified atom stereocenters. The number of rotatable bonds is 6. The van der Waals surface area contributed by atoms with Crippen molar-refractivity contribution in [2.75, 3.05) is 0 Å². The number of sulfone groups is 1. The van der Waals surface area contributed by atoms with Gasteiger partial charge in [0.25, 0.3) is 5.69 Å². The molecule has 0 bridgehead atoms. The SMILES string of the molecule is O=C(c1ncc(-c2ccccc2Sc2ccccc2)s1)S(=O)(=O)c1ccc([N+](=O)[O-])cc1. The number of nitro benzene ring substituents is 1. The van der Waals surface area contributed by atoms with Crippen molar-refractivity contribution in [3.63, 3.8) is 0 Å². The smallest absolute Gasteiger partial charge is 0.273 e. The Kier molecular flexibility index (Phi) is 6.17. The Hall–Kier alpha value is -3.34. The number of aromatic nitrogens is 1. The van der Waals surface area contributed by atoms with Crippen LogP contribution in [0.2, 0.25) is 0 Å². The molecule has 0 aliphatic rings. The first-order valence-corrected chi connectivity index (χ1v) is 12.3. The van der Waals surface area contributed by atoms with Gasteiger partial charge < -0.3 is 0 Å². The summed E-state index contributed by atoms with van der Waals surface area (Å²) in [4.78, 5) is 29.2. The second-order valence-electron chi connectivity index (χ2n) is 6.48. The lowest BCUT2D eigenvalue weighted by Gasteiger charge is -2.07. The molecule has 7 nitrogen and oxygen atoms in total. The predicted molar refractivity (Wildman–Crippen MR) is 123 cm³/mol. The van der Waals surface area contributed by atoms with Crippen LogP contribution in [0.3, 0.4) is 0 Å². The van der Waals surface area contributed by atoms with Crippen LogP contribution < -0.4 is 0 Å². The molecule has 10 heteroatoms. The fourth-order valence-electron chi connectivity index (χ4n) is 2.84. The minimum atomic E-state index is -4.38. The van der Waals surface area contributed by atoms with Crippen molar-refractivity contribution < 1.29 is 18.1 Å². The van der Waals surface area contributed by atoms with Crippen LogP contribution in [-0.2, 0) is 9.84 Å². The molecule has 0 aliphatic heterocycles. The first-order chi connectivity index (χ1) is 15.4. The summed E-state index contributed by atoms with van der Waals surface area (Å²) >= 11 is 2.54. The zero-order valence-electron chi connectivity index (χ0n) is 16.2. The largest absolute Gasteiger partial charge is 0.309 e. The van der Waals surface area contributed by atoms with Gasteiger partial charge in [0.05, 0.1) is 14.7 Å². The van der Waals surface area contributed by atoms with Crippen LogP contribution in [0.4, 0.5) is 5.69 Å². The average Bonchev–Trinajstić information content (AvgIpc) is 3.29. The van der Waals surface area contributed by atoms with Crippen LogP contribution in [0, 0.1) is 10.1 Å². The van der Waals surface area contributed by atoms with Crippen molar-refractivity contribution in [3.05, 3.63) is 100 Å². The van der Waals surface area contributed by atoms with Crippen LogP contribution >= 0.6 is 23.1 Å². The van der Waals surface area contributed by atoms with Gasteiger partial charge in [-0.15, -0.1) is 11.3 Å². The zero-order valence-corrected chi connectivity index (χ0v) is 18.7. The molecule has 0 radical (unpaired) electrons. The highest BCUT2D eigenvalue weighted by Crippen LogP contribution is 2.38. The fourth-order valence-corrected chi connectivity index (χ4v) is 6.12. The predicted octanol–water partition coefficient (Wildman–Crippen LogP) is 5.48. The summed E-state index contributed by atoms with van der Waals surface area (Å²) in [6, 6.07) is 21.6. The van der Waals surface area contributed by atoms with E-state index < -0.39 is 19.9 Å². The summed E-state index contributed by atoms with van der Waals surface area (Å²) in [6.45, 7) is 0. The summed E-state index contributed by atoms with van der Waals surface area (Å²) < 4.78 is 25.4. The van der Waals surface area contributed by atoms with Gasteiger partial charge in [0.2, 0.25) is 9.84 Å². The van der Waals surface area contributed by atoms with Gasteiger partial charge in [-0.05, 0) is 30.3 Å². The third-order valence-corrected chi connectivity index (χ3v) is 8.22. The Labute approximate surface area is 191 Å². The monoisotopic (exact) mass is 482 g/mol. The number of nitrogens with zero attached hydrogens (tertiary/aromatic N) is 2. The van der Waals surface area contributed by atoms with Gasteiger partial charge in [-0.2, -0.15) is 0 Å². The van der Waals surface area contributed by atoms with Gasteiger partial charge in [0.1, 0.15) is 0 Å². The molecule has 0 saturated carbocycles. The Morgan fingerprint density at radius 2 is 1.59 bits per heavy atom. The van der Waals surface area contributed by atoms with Gasteiger partial charge in [0, 0.05) is 33.7 Å². The average molecular weight is 483 g/mol. The van der Waals surface area contributed by atoms with Crippen molar-refractivity contribution in [1.29, 1.82) is 0 Å². The van der Waals surface area contributed by atoms with Crippen molar-refractivity contribution >= 4 is 43.7 Å². The normalized spacial score (nSPS) is 11.2. The maximum atomic E-state index is 12.7. The van der Waals surface area contributed by atoms with Gasteiger partial charge in [-0.25, -0.2) is 13.4 Å². The van der Waals surface area contributed by atoms with Crippen molar-refractivity contribution in [3.8, 4) is 10.4 Å². The van der Waals surface area contributed by atoms with Crippen LogP contribution in [-0.4, -0.2) is 23.4 Å². The van der Waals surface area contributed by atoms with E-state index in [2.05, 4.69) is 4.98 Å². The van der Waals surface area contributed by atoms with Gasteiger partial charge in [0.15, 0.2) is 5.01 Å². The molecule has 32 heavy (non-hydrogen) atoms. The number of nitro groups is 1. The van der Waals surface area contributed by atoms with Crippen LogP contribution in [0.5, 0.6) is 0 Å². The van der Waals surface area contributed by atoms with E-state index in [0.29, 0.717) is 4.88 Å². The lowest BCUT2D eigenvalue weighted by molar-refractivity contribution is -0.384. The van der Waals surface area contributed by atoms with Crippen molar-refractivity contribution in [2.24, 2.45) is 0 Å². The number of hydrogen-bond acceptors (Lipinski definition) is 8. The molecule has 0 saturated heterocycles. The summed E-state index contributed by atoms with van der Waals surface area (Å²) in [5, 5.41) is 9.47. The first kappa shape index (κ1) is 21.9. The molecular formula is C22H14N2O5S3. The lowest BCUT2D eigenvalue weighted by atomic mass is 10.2.